The molecule has 22 heavy (non-hydrogen) atoms. The van der Waals surface area contributed by atoms with Crippen molar-refractivity contribution in [2.75, 3.05) is 0 Å². The van der Waals surface area contributed by atoms with E-state index in [4.69, 9.17) is 17.5 Å². The Morgan fingerprint density at radius 3 is 1.09 bits per heavy atom. The summed E-state index contributed by atoms with van der Waals surface area (Å²) in [5, 5.41) is 0. The normalized spacial score (nSPS) is 11.1. The van der Waals surface area contributed by atoms with Gasteiger partial charge in [0.2, 0.25) is 0 Å². The van der Waals surface area contributed by atoms with Crippen LogP contribution in [0.4, 0.5) is 0 Å². The molecule has 2 N–H and O–H groups in total. The summed E-state index contributed by atoms with van der Waals surface area (Å²) in [7, 11) is -4.67. The minimum Gasteiger partial charge on any atom is -0.264 e. The molecule has 0 spiro atoms. The van der Waals surface area contributed by atoms with Gasteiger partial charge in [-0.2, -0.15) is 8.42 Å². The topological polar surface area (TPSA) is 74.6 Å². The zero-order chi connectivity index (χ0) is 17.1. The van der Waals surface area contributed by atoms with E-state index in [1.54, 1.807) is 0.515 Å². The van der Waals surface area contributed by atoms with Gasteiger partial charge in [-0.15, -0.1) is 0 Å². The SMILES string of the molecule is CCCCCCCCCCCCCCC[CH2][K].O=S(=O)(O)O. The predicted molar refractivity (Wildman–Crippen MR) is 95.1 cm³/mol. The minimum absolute atomic E-state index is 1.10. The van der Waals surface area contributed by atoms with Crippen LogP contribution in [0.2, 0.25) is 0.515 Å². The van der Waals surface area contributed by atoms with Crippen LogP contribution in [0.3, 0.4) is 0 Å². The molecule has 0 saturated carbocycles. The molecule has 4 nitrogen and oxygen atoms in total. The second-order valence-electron chi connectivity index (χ2n) is 6.04. The van der Waals surface area contributed by atoms with E-state index >= 15 is 0 Å². The molecule has 0 bridgehead atoms. The van der Waals surface area contributed by atoms with Crippen LogP contribution in [0.5, 0.6) is 0 Å². The molecule has 0 saturated heterocycles. The first-order chi connectivity index (χ1) is 10.4. The van der Waals surface area contributed by atoms with Crippen molar-refractivity contribution in [3.05, 3.63) is 0 Å². The summed E-state index contributed by atoms with van der Waals surface area (Å²) in [5.74, 6) is 0. The van der Waals surface area contributed by atoms with Crippen LogP contribution in [0.25, 0.3) is 0 Å². The molecular formula is C16H35KO4S. The van der Waals surface area contributed by atoms with Crippen LogP contribution in [0.1, 0.15) is 96.8 Å². The summed E-state index contributed by atoms with van der Waals surface area (Å²) in [6, 6.07) is 0. The molecule has 0 aromatic rings. The second-order valence-corrected chi connectivity index (χ2v) is 8.50. The summed E-state index contributed by atoms with van der Waals surface area (Å²) >= 11 is 1.10. The van der Waals surface area contributed by atoms with Crippen LogP contribution < -0.4 is 0 Å². The van der Waals surface area contributed by atoms with Crippen molar-refractivity contribution in [1.29, 1.82) is 0 Å². The molecule has 0 aliphatic rings. The average molecular weight is 363 g/mol. The van der Waals surface area contributed by atoms with Gasteiger partial charge in [0.15, 0.2) is 0 Å². The molecule has 0 atom stereocenters. The molecule has 0 aromatic carbocycles. The van der Waals surface area contributed by atoms with Gasteiger partial charge < -0.3 is 0 Å². The van der Waals surface area contributed by atoms with Crippen LogP contribution in [-0.4, -0.2) is 66.5 Å². The largest absolute Gasteiger partial charge is 0.394 e. The summed E-state index contributed by atoms with van der Waals surface area (Å²) in [4.78, 5) is 0. The van der Waals surface area contributed by atoms with E-state index in [1.165, 1.54) is 89.9 Å². The molecule has 0 aliphatic heterocycles. The zero-order valence-electron chi connectivity index (χ0n) is 14.7. The first-order valence-electron chi connectivity index (χ1n) is 9.11. The average Bonchev–Trinajstić information content (AvgIpc) is 2.42. The van der Waals surface area contributed by atoms with Crippen LogP contribution in [0.15, 0.2) is 0 Å². The van der Waals surface area contributed by atoms with Crippen LogP contribution in [-0.2, 0) is 10.4 Å². The van der Waals surface area contributed by atoms with Crippen molar-refractivity contribution < 1.29 is 17.5 Å². The Bertz CT molecular complexity index is 273. The molecule has 0 aliphatic carbocycles. The van der Waals surface area contributed by atoms with Crippen molar-refractivity contribution >= 4 is 59.4 Å². The Morgan fingerprint density at radius 1 is 0.636 bits per heavy atom. The fourth-order valence-corrected chi connectivity index (χ4v) is 3.23. The van der Waals surface area contributed by atoms with Gasteiger partial charge in [0.05, 0.1) is 0 Å². The number of unbranched alkanes of at least 4 members (excludes halogenated alkanes) is 13. The Kier molecular flexibility index (Phi) is 24.0. The van der Waals surface area contributed by atoms with Gasteiger partial charge in [-0.25, -0.2) is 0 Å². The first-order valence-corrected chi connectivity index (χ1v) is 12.7. The molecule has 0 rings (SSSR count). The number of hydrogen-bond donors (Lipinski definition) is 2. The first kappa shape index (κ1) is 25.7. The van der Waals surface area contributed by atoms with Gasteiger partial charge >= 0.3 is 130 Å². The summed E-state index contributed by atoms with van der Waals surface area (Å²) in [5.41, 5.74) is 0. The van der Waals surface area contributed by atoms with E-state index in [1.807, 2.05) is 0 Å². The van der Waals surface area contributed by atoms with Crippen LogP contribution >= 0.6 is 0 Å². The smallest absolute Gasteiger partial charge is 0.264 e. The molecular weight excluding hydrogens is 327 g/mol. The third-order valence-electron chi connectivity index (χ3n) is 3.71. The van der Waals surface area contributed by atoms with E-state index in [0.717, 1.165) is 49.0 Å². The fraction of sp³-hybridized carbons (Fsp3) is 1.00. The van der Waals surface area contributed by atoms with E-state index in [9.17, 15) is 0 Å². The van der Waals surface area contributed by atoms with Gasteiger partial charge in [-0.05, 0) is 0 Å². The van der Waals surface area contributed by atoms with E-state index in [-0.39, 0.29) is 0 Å². The quantitative estimate of drug-likeness (QED) is 0.246. The maximum Gasteiger partial charge on any atom is 0.394 e. The molecule has 0 radical (unpaired) electrons. The van der Waals surface area contributed by atoms with Crippen molar-refractivity contribution in [2.24, 2.45) is 0 Å². The maximum absolute atomic E-state index is 8.74. The monoisotopic (exact) mass is 362 g/mol. The molecule has 0 fully saturated rings. The van der Waals surface area contributed by atoms with Crippen LogP contribution in [0, 0.1) is 0 Å². The number of rotatable bonds is 14. The number of hydrogen-bond acceptors (Lipinski definition) is 2. The summed E-state index contributed by atoms with van der Waals surface area (Å²) < 4.78 is 33.1. The fourth-order valence-electron chi connectivity index (χ4n) is 2.44. The van der Waals surface area contributed by atoms with Crippen molar-refractivity contribution in [3.8, 4) is 0 Å². The maximum atomic E-state index is 8.74. The van der Waals surface area contributed by atoms with Crippen molar-refractivity contribution in [2.45, 2.75) is 97.3 Å². The predicted octanol–water partition coefficient (Wildman–Crippen LogP) is 5.40. The Balaban J connectivity index is 0. The Hall–Kier alpha value is 1.51. The van der Waals surface area contributed by atoms with E-state index in [0.29, 0.717) is 0 Å². The molecule has 0 heterocycles. The molecule has 130 valence electrons. The molecule has 0 unspecified atom stereocenters. The molecule has 6 heteroatoms. The van der Waals surface area contributed by atoms with Gasteiger partial charge in [0.1, 0.15) is 0 Å². The summed E-state index contributed by atoms with van der Waals surface area (Å²) in [6.07, 6.45) is 20.8. The van der Waals surface area contributed by atoms with E-state index in [2.05, 4.69) is 6.92 Å². The third-order valence-corrected chi connectivity index (χ3v) is 4.81. The van der Waals surface area contributed by atoms with Gasteiger partial charge in [-0.3, -0.25) is 9.11 Å². The molecule has 0 aromatic heterocycles. The minimum atomic E-state index is -4.67. The Labute approximate surface area is 172 Å². The van der Waals surface area contributed by atoms with Gasteiger partial charge in [0, 0.05) is 0 Å². The summed E-state index contributed by atoms with van der Waals surface area (Å²) in [6.45, 7) is 2.29. The van der Waals surface area contributed by atoms with Gasteiger partial charge in [0.25, 0.3) is 0 Å². The van der Waals surface area contributed by atoms with Crippen molar-refractivity contribution in [3.63, 3.8) is 0 Å². The standard InChI is InChI=1S/C16H33.K.H2O4S/c1-3-5-7-9-11-13-15-16-14-12-10-8-6-4-2;;1-5(2,3)4/h1,3-16H2,2H3;;(H2,1,2,3,4). The van der Waals surface area contributed by atoms with Crippen molar-refractivity contribution in [1.82, 2.24) is 0 Å². The zero-order valence-corrected chi connectivity index (χ0v) is 18.7. The van der Waals surface area contributed by atoms with E-state index < -0.39 is 10.4 Å². The third kappa shape index (κ3) is 37.6. The molecule has 0 amide bonds. The Morgan fingerprint density at radius 2 is 0.864 bits per heavy atom. The van der Waals surface area contributed by atoms with Gasteiger partial charge in [-0.1, -0.05) is 26.2 Å². The second kappa shape index (κ2) is 20.6.